The second-order valence-corrected chi connectivity index (χ2v) is 4.94. The van der Waals surface area contributed by atoms with E-state index in [0.717, 1.165) is 19.4 Å². The molecule has 0 aliphatic carbocycles. The first-order valence-corrected chi connectivity index (χ1v) is 6.30. The number of hydrogen-bond donors (Lipinski definition) is 3. The summed E-state index contributed by atoms with van der Waals surface area (Å²) in [6.07, 6.45) is 4.99. The highest BCUT2D eigenvalue weighted by molar-refractivity contribution is 6.40. The molecule has 0 bridgehead atoms. The van der Waals surface area contributed by atoms with Gasteiger partial charge in [-0.15, -0.1) is 0 Å². The third kappa shape index (κ3) is 3.69. The largest absolute Gasteiger partial charge is 0.480 e. The number of carboxylic acids is 1. The molecule has 5 nitrogen and oxygen atoms in total. The summed E-state index contributed by atoms with van der Waals surface area (Å²) in [5.41, 5.74) is -0.737. The van der Waals surface area contributed by atoms with Gasteiger partial charge in [0.25, 0.3) is 0 Å². The number of carboxylic acid groups (broad SMARTS) is 1. The lowest BCUT2D eigenvalue weighted by atomic mass is 9.79. The van der Waals surface area contributed by atoms with Crippen LogP contribution in [0.4, 0.5) is 0 Å². The van der Waals surface area contributed by atoms with Gasteiger partial charge in [0.2, 0.25) is 0 Å². The molecule has 0 saturated carbocycles. The number of aliphatic carboxylic acids is 1. The van der Waals surface area contributed by atoms with Crippen molar-refractivity contribution in [2.75, 3.05) is 13.6 Å². The quantitative estimate of drug-likeness (QED) is 0.469. The summed E-state index contributed by atoms with van der Waals surface area (Å²) in [5.74, 6) is -0.746. The molecular weight excluding hydrogens is 221 g/mol. The highest BCUT2D eigenvalue weighted by atomic mass is 16.4. The van der Waals surface area contributed by atoms with Gasteiger partial charge in [0.15, 0.2) is 0 Å². The van der Waals surface area contributed by atoms with E-state index >= 15 is 0 Å². The van der Waals surface area contributed by atoms with E-state index in [-0.39, 0.29) is 0 Å². The molecule has 1 aliphatic rings. The molecule has 17 heavy (non-hydrogen) atoms. The lowest BCUT2D eigenvalue weighted by Gasteiger charge is -2.42. The standard InChI is InChI=1S/C11H22BNO4/c1-13-9-5-3-7-11(13,10(14)15)6-2-4-8-12(16)17/h16-17H,2-9H2,1H3,(H,14,15). The maximum atomic E-state index is 11.5. The van der Waals surface area contributed by atoms with Crippen LogP contribution in [0.25, 0.3) is 0 Å². The van der Waals surface area contributed by atoms with Gasteiger partial charge >= 0.3 is 13.1 Å². The van der Waals surface area contributed by atoms with Crippen molar-refractivity contribution in [3.63, 3.8) is 0 Å². The molecule has 1 heterocycles. The normalized spacial score (nSPS) is 25.8. The van der Waals surface area contributed by atoms with Crippen LogP contribution in [-0.4, -0.2) is 52.3 Å². The minimum absolute atomic E-state index is 0.319. The Labute approximate surface area is 103 Å². The lowest BCUT2D eigenvalue weighted by Crippen LogP contribution is -2.55. The van der Waals surface area contributed by atoms with Crippen molar-refractivity contribution in [1.82, 2.24) is 4.90 Å². The average Bonchev–Trinajstić information content (AvgIpc) is 2.26. The van der Waals surface area contributed by atoms with Crippen LogP contribution < -0.4 is 0 Å². The molecule has 0 aromatic carbocycles. The van der Waals surface area contributed by atoms with E-state index in [1.807, 2.05) is 11.9 Å². The molecule has 0 aromatic rings. The number of hydrogen-bond acceptors (Lipinski definition) is 4. The van der Waals surface area contributed by atoms with Crippen molar-refractivity contribution in [2.24, 2.45) is 0 Å². The number of unbranched alkanes of at least 4 members (excludes halogenated alkanes) is 1. The van der Waals surface area contributed by atoms with Gasteiger partial charge in [-0.25, -0.2) is 0 Å². The van der Waals surface area contributed by atoms with Crippen LogP contribution in [0.5, 0.6) is 0 Å². The predicted octanol–water partition coefficient (Wildman–Crippen LogP) is 0.569. The van der Waals surface area contributed by atoms with Crippen molar-refractivity contribution in [2.45, 2.75) is 50.4 Å². The summed E-state index contributed by atoms with van der Waals surface area (Å²) >= 11 is 0. The van der Waals surface area contributed by atoms with Gasteiger partial charge in [0.05, 0.1) is 0 Å². The molecule has 1 rings (SSSR count). The number of rotatable bonds is 6. The van der Waals surface area contributed by atoms with Gasteiger partial charge < -0.3 is 15.2 Å². The summed E-state index contributed by atoms with van der Waals surface area (Å²) in [7, 11) is 0.591. The van der Waals surface area contributed by atoms with E-state index in [1.165, 1.54) is 0 Å². The molecule has 1 saturated heterocycles. The smallest absolute Gasteiger partial charge is 0.451 e. The first-order valence-electron chi connectivity index (χ1n) is 6.30. The maximum Gasteiger partial charge on any atom is 0.451 e. The first kappa shape index (κ1) is 14.5. The van der Waals surface area contributed by atoms with E-state index in [4.69, 9.17) is 10.0 Å². The Morgan fingerprint density at radius 2 is 2.06 bits per heavy atom. The summed E-state index contributed by atoms with van der Waals surface area (Å²) in [6.45, 7) is 0.828. The monoisotopic (exact) mass is 243 g/mol. The Kier molecular flexibility index (Phi) is 5.43. The third-order valence-electron chi connectivity index (χ3n) is 3.77. The number of nitrogens with zero attached hydrogens (tertiary/aromatic N) is 1. The molecule has 1 unspecified atom stereocenters. The highest BCUT2D eigenvalue weighted by Gasteiger charge is 2.43. The summed E-state index contributed by atoms with van der Waals surface area (Å²) < 4.78 is 0. The van der Waals surface area contributed by atoms with Crippen molar-refractivity contribution in [3.05, 3.63) is 0 Å². The lowest BCUT2D eigenvalue weighted by molar-refractivity contribution is -0.153. The van der Waals surface area contributed by atoms with Crippen LogP contribution in [-0.2, 0) is 4.79 Å². The second-order valence-electron chi connectivity index (χ2n) is 4.94. The molecule has 0 radical (unpaired) electrons. The minimum Gasteiger partial charge on any atom is -0.480 e. The summed E-state index contributed by atoms with van der Waals surface area (Å²) in [5, 5.41) is 26.9. The van der Waals surface area contributed by atoms with Gasteiger partial charge in [-0.05, 0) is 45.6 Å². The first-order chi connectivity index (χ1) is 7.99. The predicted molar refractivity (Wildman–Crippen MR) is 65.7 cm³/mol. The molecule has 1 aliphatic heterocycles. The second kappa shape index (κ2) is 6.38. The highest BCUT2D eigenvalue weighted by Crippen LogP contribution is 2.32. The Morgan fingerprint density at radius 1 is 1.35 bits per heavy atom. The Morgan fingerprint density at radius 3 is 2.59 bits per heavy atom. The van der Waals surface area contributed by atoms with Crippen molar-refractivity contribution in [3.8, 4) is 0 Å². The number of piperidine rings is 1. The zero-order valence-corrected chi connectivity index (χ0v) is 10.4. The third-order valence-corrected chi connectivity index (χ3v) is 3.77. The fourth-order valence-corrected chi connectivity index (χ4v) is 2.61. The number of carbonyl (C=O) groups is 1. The topological polar surface area (TPSA) is 81.0 Å². The van der Waals surface area contributed by atoms with Crippen LogP contribution in [0.2, 0.25) is 6.32 Å². The SMILES string of the molecule is CN1CCCCC1(CCCCB(O)O)C(=O)O. The van der Waals surface area contributed by atoms with Gasteiger partial charge in [-0.2, -0.15) is 0 Å². The fourth-order valence-electron chi connectivity index (χ4n) is 2.61. The van der Waals surface area contributed by atoms with E-state index in [9.17, 15) is 9.90 Å². The maximum absolute atomic E-state index is 11.5. The van der Waals surface area contributed by atoms with Gasteiger partial charge in [-0.3, -0.25) is 9.69 Å². The summed E-state index contributed by atoms with van der Waals surface area (Å²) in [6, 6.07) is 0. The van der Waals surface area contributed by atoms with Crippen LogP contribution >= 0.6 is 0 Å². The molecular formula is C11H22BNO4. The molecule has 0 aromatic heterocycles. The van der Waals surface area contributed by atoms with Crippen molar-refractivity contribution in [1.29, 1.82) is 0 Å². The molecule has 1 fully saturated rings. The molecule has 1 atom stereocenters. The summed E-state index contributed by atoms with van der Waals surface area (Å²) in [4.78, 5) is 13.4. The van der Waals surface area contributed by atoms with E-state index < -0.39 is 18.6 Å². The van der Waals surface area contributed by atoms with E-state index in [2.05, 4.69) is 0 Å². The fraction of sp³-hybridized carbons (Fsp3) is 0.909. The molecule has 98 valence electrons. The van der Waals surface area contributed by atoms with Gasteiger partial charge in [0, 0.05) is 0 Å². The van der Waals surface area contributed by atoms with Crippen LogP contribution in [0.1, 0.15) is 38.5 Å². The van der Waals surface area contributed by atoms with Crippen molar-refractivity contribution >= 4 is 13.1 Å². The Balaban J connectivity index is 2.50. The van der Waals surface area contributed by atoms with Crippen LogP contribution in [0.3, 0.4) is 0 Å². The minimum atomic E-state index is -1.28. The Hall–Kier alpha value is -0.585. The van der Waals surface area contributed by atoms with E-state index in [0.29, 0.717) is 32.0 Å². The number of likely N-dealkylation sites (N-methyl/N-ethyl adjacent to an activating group) is 1. The Bertz CT molecular complexity index is 262. The number of likely N-dealkylation sites (tertiary alicyclic amines) is 1. The zero-order valence-electron chi connectivity index (χ0n) is 10.4. The molecule has 0 amide bonds. The van der Waals surface area contributed by atoms with Crippen LogP contribution in [0.15, 0.2) is 0 Å². The average molecular weight is 243 g/mol. The zero-order chi connectivity index (χ0) is 12.9. The van der Waals surface area contributed by atoms with Gasteiger partial charge in [0.1, 0.15) is 5.54 Å². The van der Waals surface area contributed by atoms with Gasteiger partial charge in [-0.1, -0.05) is 12.8 Å². The molecule has 6 heteroatoms. The van der Waals surface area contributed by atoms with E-state index in [1.54, 1.807) is 0 Å². The van der Waals surface area contributed by atoms with Crippen LogP contribution in [0, 0.1) is 0 Å². The van der Waals surface area contributed by atoms with Crippen molar-refractivity contribution < 1.29 is 19.9 Å². The molecule has 0 spiro atoms. The molecule has 3 N–H and O–H groups in total.